The summed E-state index contributed by atoms with van der Waals surface area (Å²) in [5, 5.41) is 0. The van der Waals surface area contributed by atoms with E-state index in [4.69, 9.17) is 9.47 Å². The van der Waals surface area contributed by atoms with Crippen molar-refractivity contribution in [3.8, 4) is 5.75 Å². The van der Waals surface area contributed by atoms with Crippen molar-refractivity contribution in [2.45, 2.75) is 59.8 Å². The van der Waals surface area contributed by atoms with Crippen LogP contribution in [0.2, 0.25) is 0 Å². The summed E-state index contributed by atoms with van der Waals surface area (Å²) in [5.41, 5.74) is 0. The molecule has 0 radical (unpaired) electrons. The minimum atomic E-state index is -0.211. The van der Waals surface area contributed by atoms with Crippen LogP contribution in [0.25, 0.3) is 0 Å². The van der Waals surface area contributed by atoms with E-state index in [0.29, 0.717) is 6.61 Å². The van der Waals surface area contributed by atoms with E-state index in [1.165, 1.54) is 27.5 Å². The van der Waals surface area contributed by atoms with Crippen LogP contribution in [0.15, 0.2) is 112 Å². The van der Waals surface area contributed by atoms with E-state index in [9.17, 15) is 0 Å². The molecule has 0 amide bonds. The van der Waals surface area contributed by atoms with Gasteiger partial charge in [0.25, 0.3) is 0 Å². The zero-order valence-corrected chi connectivity index (χ0v) is 19.2. The van der Waals surface area contributed by atoms with Crippen molar-refractivity contribution in [3.05, 3.63) is 97.8 Å². The fraction of sp³-hybridized carbons (Fsp3) is 0.286. The van der Waals surface area contributed by atoms with Gasteiger partial charge >= 0.3 is 0 Å². The van der Waals surface area contributed by atoms with Crippen LogP contribution in [0, 0.1) is 0 Å². The van der Waals surface area contributed by atoms with E-state index in [2.05, 4.69) is 98.4 Å². The lowest BCUT2D eigenvalue weighted by molar-refractivity contribution is 0.117. The Balaban J connectivity index is 1.74. The van der Waals surface area contributed by atoms with E-state index in [0.717, 1.165) is 25.0 Å². The lowest BCUT2D eigenvalue weighted by atomic mass is 10.1. The molecular formula is C28H33O2S+. The Hall–Kier alpha value is -2.65. The third-order valence-corrected chi connectivity index (χ3v) is 7.39. The van der Waals surface area contributed by atoms with Gasteiger partial charge in [-0.1, -0.05) is 74.9 Å². The van der Waals surface area contributed by atoms with Gasteiger partial charge in [0, 0.05) is 0 Å². The average molecular weight is 434 g/mol. The van der Waals surface area contributed by atoms with Crippen LogP contribution in [0.5, 0.6) is 5.75 Å². The lowest BCUT2D eigenvalue weighted by Crippen LogP contribution is -2.12. The summed E-state index contributed by atoms with van der Waals surface area (Å²) in [4.78, 5) is 3.82. The zero-order chi connectivity index (χ0) is 21.7. The Morgan fingerprint density at radius 3 is 2.00 bits per heavy atom. The van der Waals surface area contributed by atoms with Crippen molar-refractivity contribution in [2.24, 2.45) is 0 Å². The van der Waals surface area contributed by atoms with Gasteiger partial charge in [-0.05, 0) is 55.7 Å². The quantitative estimate of drug-likeness (QED) is 0.156. The summed E-state index contributed by atoms with van der Waals surface area (Å²) in [6.07, 6.45) is 7.19. The molecule has 0 N–H and O–H groups in total. The van der Waals surface area contributed by atoms with Crippen molar-refractivity contribution < 1.29 is 9.47 Å². The Morgan fingerprint density at radius 2 is 1.39 bits per heavy atom. The van der Waals surface area contributed by atoms with E-state index in [1.807, 2.05) is 0 Å². The summed E-state index contributed by atoms with van der Waals surface area (Å²) in [7, 11) is -0.211. The lowest BCUT2D eigenvalue weighted by Gasteiger charge is -2.17. The fourth-order valence-electron chi connectivity index (χ4n) is 3.58. The molecule has 2 nitrogen and oxygen atoms in total. The number of hydrogen-bond donors (Lipinski definition) is 0. The van der Waals surface area contributed by atoms with Gasteiger partial charge in [-0.3, -0.25) is 0 Å². The molecule has 1 atom stereocenters. The van der Waals surface area contributed by atoms with Crippen LogP contribution < -0.4 is 4.74 Å². The number of unbranched alkanes of at least 4 members (excludes halogenated alkanes) is 1. The highest BCUT2D eigenvalue weighted by atomic mass is 32.2. The molecule has 0 aliphatic heterocycles. The van der Waals surface area contributed by atoms with Gasteiger partial charge in [-0.15, -0.1) is 0 Å². The van der Waals surface area contributed by atoms with Crippen molar-refractivity contribution >= 4 is 10.9 Å². The van der Waals surface area contributed by atoms with Gasteiger partial charge in [0.1, 0.15) is 10.9 Å². The third-order valence-electron chi connectivity index (χ3n) is 5.12. The normalized spacial score (nSPS) is 11.8. The summed E-state index contributed by atoms with van der Waals surface area (Å²) in [6.45, 7) is 6.61. The van der Waals surface area contributed by atoms with Gasteiger partial charge in [-0.2, -0.15) is 0 Å². The monoisotopic (exact) mass is 433 g/mol. The highest BCUT2D eigenvalue weighted by Gasteiger charge is 2.31. The van der Waals surface area contributed by atoms with Gasteiger partial charge in [-0.25, -0.2) is 0 Å². The Labute approximate surface area is 190 Å². The molecule has 31 heavy (non-hydrogen) atoms. The second-order valence-corrected chi connectivity index (χ2v) is 9.43. The second-order valence-electron chi connectivity index (χ2n) is 7.44. The van der Waals surface area contributed by atoms with E-state index >= 15 is 0 Å². The number of ether oxygens (including phenoxy) is 2. The molecule has 3 rings (SSSR count). The largest absolute Gasteiger partial charge is 0.499 e. The summed E-state index contributed by atoms with van der Waals surface area (Å²) >= 11 is 0. The molecule has 0 heterocycles. The first-order chi connectivity index (χ1) is 15.3. The van der Waals surface area contributed by atoms with Crippen molar-refractivity contribution in [3.63, 3.8) is 0 Å². The first-order valence-corrected chi connectivity index (χ1v) is 12.4. The molecule has 0 saturated carbocycles. The molecule has 0 aliphatic rings. The van der Waals surface area contributed by atoms with Gasteiger partial charge < -0.3 is 9.47 Å². The molecule has 3 heteroatoms. The molecule has 1 unspecified atom stereocenters. The number of hydrogen-bond acceptors (Lipinski definition) is 2. The van der Waals surface area contributed by atoms with Crippen LogP contribution in [0.1, 0.15) is 39.0 Å². The van der Waals surface area contributed by atoms with Crippen molar-refractivity contribution in [1.29, 1.82) is 0 Å². The standard InChI is InChI=1S/C28H33O2S/c1-3-5-15-24(29-4-2)16-14-23-30-27-21-12-13-22-28(27)31(25-17-8-6-9-18-25)26-19-10-7-11-20-26/h4,6-13,17-22,24H,2-3,5,14-16,23H2,1H3/q+1. The van der Waals surface area contributed by atoms with E-state index in [1.54, 1.807) is 6.26 Å². The maximum absolute atomic E-state index is 6.32. The molecule has 162 valence electrons. The minimum Gasteiger partial charge on any atom is -0.499 e. The molecule has 0 spiro atoms. The van der Waals surface area contributed by atoms with Crippen LogP contribution in [0.3, 0.4) is 0 Å². The van der Waals surface area contributed by atoms with Crippen LogP contribution in [0.4, 0.5) is 0 Å². The van der Waals surface area contributed by atoms with Gasteiger partial charge in [0.2, 0.25) is 4.90 Å². The van der Waals surface area contributed by atoms with Crippen LogP contribution >= 0.6 is 0 Å². The zero-order valence-electron chi connectivity index (χ0n) is 18.4. The molecule has 0 aliphatic carbocycles. The third kappa shape index (κ3) is 6.93. The maximum Gasteiger partial charge on any atom is 0.208 e. The highest BCUT2D eigenvalue weighted by Crippen LogP contribution is 2.36. The first-order valence-electron chi connectivity index (χ1n) is 11.2. The molecule has 0 bridgehead atoms. The van der Waals surface area contributed by atoms with Gasteiger partial charge in [0.05, 0.1) is 19.0 Å². The van der Waals surface area contributed by atoms with E-state index < -0.39 is 0 Å². The molecule has 0 aromatic heterocycles. The van der Waals surface area contributed by atoms with Crippen molar-refractivity contribution in [2.75, 3.05) is 6.61 Å². The molecule has 0 fully saturated rings. The van der Waals surface area contributed by atoms with Gasteiger partial charge in [0.15, 0.2) is 15.5 Å². The number of rotatable bonds is 13. The van der Waals surface area contributed by atoms with Crippen molar-refractivity contribution in [1.82, 2.24) is 0 Å². The first kappa shape index (κ1) is 23.0. The Kier molecular flexibility index (Phi) is 9.59. The smallest absolute Gasteiger partial charge is 0.208 e. The molecular weight excluding hydrogens is 400 g/mol. The maximum atomic E-state index is 6.32. The van der Waals surface area contributed by atoms with Crippen LogP contribution in [-0.2, 0) is 15.6 Å². The second kappa shape index (κ2) is 12.9. The fourth-order valence-corrected chi connectivity index (χ4v) is 5.76. The SMILES string of the molecule is C=COC(CCCC)CCCOc1ccccc1[S+](c1ccccc1)c1ccccc1. The summed E-state index contributed by atoms with van der Waals surface area (Å²) in [6, 6.07) is 29.8. The predicted molar refractivity (Wildman–Crippen MR) is 131 cm³/mol. The highest BCUT2D eigenvalue weighted by molar-refractivity contribution is 7.97. The average Bonchev–Trinajstić information content (AvgIpc) is 2.82. The predicted octanol–water partition coefficient (Wildman–Crippen LogP) is 7.66. The molecule has 0 saturated heterocycles. The molecule has 3 aromatic carbocycles. The summed E-state index contributed by atoms with van der Waals surface area (Å²) in [5.74, 6) is 0.966. The summed E-state index contributed by atoms with van der Waals surface area (Å²) < 4.78 is 12.0. The Morgan fingerprint density at radius 1 is 0.806 bits per heavy atom. The number of para-hydroxylation sites is 1. The minimum absolute atomic E-state index is 0.211. The van der Waals surface area contributed by atoms with Crippen LogP contribution in [-0.4, -0.2) is 12.7 Å². The topological polar surface area (TPSA) is 18.5 Å². The number of benzene rings is 3. The Bertz CT molecular complexity index is 856. The van der Waals surface area contributed by atoms with E-state index in [-0.39, 0.29) is 17.0 Å². The molecule has 3 aromatic rings.